The van der Waals surface area contributed by atoms with Gasteiger partial charge in [0, 0.05) is 11.1 Å². The number of Topliss-reactive ketones (excluding diaryl/α,β-unsaturated/α-hetero) is 1. The van der Waals surface area contributed by atoms with Crippen LogP contribution in [0.3, 0.4) is 0 Å². The van der Waals surface area contributed by atoms with Crippen LogP contribution in [-0.2, 0) is 20.7 Å². The third-order valence-electron chi connectivity index (χ3n) is 7.74. The van der Waals surface area contributed by atoms with E-state index in [1.807, 2.05) is 50.3 Å². The molecule has 39 heavy (non-hydrogen) atoms. The number of methoxy groups -OCH3 is 1. The fourth-order valence-corrected chi connectivity index (χ4v) is 5.68. The molecule has 8 heteroatoms. The van der Waals surface area contributed by atoms with E-state index in [4.69, 9.17) is 24.7 Å². The maximum Gasteiger partial charge on any atom is 2.00 e. The number of esters is 1. The molecule has 3 aromatic rings. The molecule has 0 radical (unpaired) electrons. The summed E-state index contributed by atoms with van der Waals surface area (Å²) in [5.74, 6) is -2.03. The number of aromatic nitrogens is 4. The van der Waals surface area contributed by atoms with Crippen LogP contribution in [0.1, 0.15) is 66.2 Å². The molecule has 7 nitrogen and oxygen atoms in total. The van der Waals surface area contributed by atoms with Crippen molar-refractivity contribution in [2.75, 3.05) is 7.11 Å². The van der Waals surface area contributed by atoms with Crippen LogP contribution < -0.4 is 9.97 Å². The summed E-state index contributed by atoms with van der Waals surface area (Å²) in [6.07, 6.45) is 2.61. The van der Waals surface area contributed by atoms with Crippen molar-refractivity contribution in [1.82, 2.24) is 19.9 Å². The van der Waals surface area contributed by atoms with Crippen LogP contribution in [0.15, 0.2) is 43.0 Å². The number of aryl methyl sites for hydroxylation is 2. The van der Waals surface area contributed by atoms with Crippen molar-refractivity contribution in [1.29, 1.82) is 0 Å². The van der Waals surface area contributed by atoms with Crippen molar-refractivity contribution in [2.24, 2.45) is 0 Å². The number of fused-ring (bicyclic) bond motifs is 8. The fourth-order valence-electron chi connectivity index (χ4n) is 5.68. The first-order valence-electron chi connectivity index (χ1n) is 12.6. The molecule has 8 bridgehead atoms. The Morgan fingerprint density at radius 2 is 1.72 bits per heavy atom. The van der Waals surface area contributed by atoms with Crippen molar-refractivity contribution in [3.8, 4) is 0 Å². The van der Waals surface area contributed by atoms with Gasteiger partial charge in [-0.1, -0.05) is 61.0 Å². The van der Waals surface area contributed by atoms with Gasteiger partial charge in [0.15, 0.2) is 5.78 Å². The fraction of sp³-hybridized carbons (Fsp3) is 0.226. The topological polar surface area (TPSA) is 97.4 Å². The first-order valence-corrected chi connectivity index (χ1v) is 12.6. The van der Waals surface area contributed by atoms with Crippen LogP contribution >= 0.6 is 0 Å². The van der Waals surface area contributed by atoms with E-state index in [2.05, 4.69) is 20.4 Å². The Morgan fingerprint density at radius 1 is 1.00 bits per heavy atom. The number of nitrogens with zero attached hydrogens (tertiary/aromatic N) is 4. The summed E-state index contributed by atoms with van der Waals surface area (Å²) < 4.78 is 5.02. The molecule has 6 rings (SSSR count). The normalized spacial score (nSPS) is 16.0. The number of hydrogen-bond acceptors (Lipinski definition) is 5. The van der Waals surface area contributed by atoms with Gasteiger partial charge < -0.3 is 14.7 Å². The Kier molecular flexibility index (Phi) is 6.72. The zero-order valence-corrected chi connectivity index (χ0v) is 24.1. The predicted octanol–water partition coefficient (Wildman–Crippen LogP) is 4.95. The zero-order chi connectivity index (χ0) is 26.9. The Balaban J connectivity index is 0.00000308. The number of allylic oxidation sites excluding steroid dienone is 5. The molecule has 0 saturated heterocycles. The van der Waals surface area contributed by atoms with E-state index in [0.717, 1.165) is 56.7 Å². The second kappa shape index (κ2) is 9.77. The zero-order valence-electron chi connectivity index (χ0n) is 22.7. The molecule has 2 aliphatic heterocycles. The summed E-state index contributed by atoms with van der Waals surface area (Å²) in [4.78, 5) is 45.9. The SMILES string of the molecule is C=CC1=C(C)c2cc3ccc([n-]3)c3c4nc(cc5[n-]c(cc1n2)c(C)c5CC)C(C)=C4C(=O)[C@@H]3C(=O)OC.[Mg+2]. The van der Waals surface area contributed by atoms with Gasteiger partial charge in [0.05, 0.1) is 29.9 Å². The average molecular weight is 527 g/mol. The summed E-state index contributed by atoms with van der Waals surface area (Å²) in [6, 6.07) is 9.51. The second-order valence-corrected chi connectivity index (χ2v) is 9.73. The van der Waals surface area contributed by atoms with Crippen molar-refractivity contribution in [3.63, 3.8) is 0 Å². The first-order chi connectivity index (χ1) is 18.3. The summed E-state index contributed by atoms with van der Waals surface area (Å²) in [5, 5.41) is 0. The minimum absolute atomic E-state index is 0. The third-order valence-corrected chi connectivity index (χ3v) is 7.74. The molecule has 0 spiro atoms. The number of ether oxygens (including phenoxy) is 1. The van der Waals surface area contributed by atoms with E-state index in [1.165, 1.54) is 7.11 Å². The summed E-state index contributed by atoms with van der Waals surface area (Å²) >= 11 is 0. The molecule has 1 atom stereocenters. The number of carbonyl (C=O) groups is 2. The molecule has 1 aliphatic carbocycles. The smallest absolute Gasteiger partial charge is 0.657 e. The molecule has 0 aromatic carbocycles. The third kappa shape index (κ3) is 3.93. The van der Waals surface area contributed by atoms with Crippen LogP contribution in [0, 0.1) is 6.92 Å². The van der Waals surface area contributed by atoms with Gasteiger partial charge in [-0.15, -0.1) is 22.1 Å². The number of rotatable bonds is 3. The summed E-state index contributed by atoms with van der Waals surface area (Å²) in [5.41, 5.74) is 11.3. The van der Waals surface area contributed by atoms with E-state index in [0.29, 0.717) is 33.6 Å². The van der Waals surface area contributed by atoms with E-state index in [1.54, 1.807) is 0 Å². The minimum atomic E-state index is -1.10. The van der Waals surface area contributed by atoms with Gasteiger partial charge in [0.1, 0.15) is 5.92 Å². The first kappa shape index (κ1) is 26.8. The van der Waals surface area contributed by atoms with E-state index in [9.17, 15) is 9.59 Å². The predicted molar refractivity (Wildman–Crippen MR) is 154 cm³/mol. The molecule has 0 unspecified atom stereocenters. The van der Waals surface area contributed by atoms with Crippen LogP contribution in [-0.4, -0.2) is 51.9 Å². The van der Waals surface area contributed by atoms with Crippen molar-refractivity contribution in [2.45, 2.75) is 40.0 Å². The monoisotopic (exact) mass is 526 g/mol. The quantitative estimate of drug-likeness (QED) is 0.270. The van der Waals surface area contributed by atoms with Gasteiger partial charge in [-0.2, -0.15) is 0 Å². The molecule has 3 aliphatic rings. The molecular formula is C31H26MgN4O3. The van der Waals surface area contributed by atoms with Gasteiger partial charge in [-0.05, 0) is 43.9 Å². The molecule has 0 amide bonds. The Hall–Kier alpha value is -3.75. The van der Waals surface area contributed by atoms with Crippen LogP contribution in [0.2, 0.25) is 0 Å². The molecule has 0 fully saturated rings. The van der Waals surface area contributed by atoms with Gasteiger partial charge in [-0.25, -0.2) is 9.97 Å². The average Bonchev–Trinajstić information content (AvgIpc) is 3.67. The minimum Gasteiger partial charge on any atom is -0.657 e. The molecule has 0 saturated carbocycles. The van der Waals surface area contributed by atoms with Gasteiger partial charge in [0.25, 0.3) is 0 Å². The van der Waals surface area contributed by atoms with E-state index >= 15 is 0 Å². The second-order valence-electron chi connectivity index (χ2n) is 9.73. The molecule has 3 aromatic heterocycles. The van der Waals surface area contributed by atoms with E-state index < -0.39 is 11.9 Å². The maximum absolute atomic E-state index is 13.6. The van der Waals surface area contributed by atoms with Crippen molar-refractivity contribution in [3.05, 3.63) is 82.5 Å². The maximum atomic E-state index is 13.6. The number of hydrogen-bond donors (Lipinski definition) is 0. The molecule has 0 N–H and O–H groups in total. The largest absolute Gasteiger partial charge is 2.00 e. The van der Waals surface area contributed by atoms with Gasteiger partial charge in [0.2, 0.25) is 0 Å². The summed E-state index contributed by atoms with van der Waals surface area (Å²) in [7, 11) is 1.29. The number of ketones is 1. The van der Waals surface area contributed by atoms with Crippen LogP contribution in [0.5, 0.6) is 0 Å². The standard InChI is InChI=1S/C31H27N4O3.Mg/c1-7-18-14(3)21-11-17-9-10-20(32-17)27-28(31(37)38-6)30(36)26-16(5)23(35-29(26)27)13-25-19(8-2)15(4)22(34-25)12-24(18)33-21;/h7,9-13,28H,1,8H2,2-6H3,(H-,32,33,34,35,36);/q-1;+2/p-1/t28-;/m1./s1. The Morgan fingerprint density at radius 3 is 2.41 bits per heavy atom. The number of carbonyl (C=O) groups excluding carboxylic acids is 2. The van der Waals surface area contributed by atoms with Gasteiger partial charge in [-0.3, -0.25) is 9.59 Å². The molecule has 190 valence electrons. The van der Waals surface area contributed by atoms with Crippen LogP contribution in [0.4, 0.5) is 0 Å². The molecule has 5 heterocycles. The summed E-state index contributed by atoms with van der Waals surface area (Å²) in [6.45, 7) is 12.0. The van der Waals surface area contributed by atoms with E-state index in [-0.39, 0.29) is 28.8 Å². The Labute approximate surface area is 242 Å². The van der Waals surface area contributed by atoms with Crippen molar-refractivity contribution >= 4 is 79.2 Å². The van der Waals surface area contributed by atoms with Gasteiger partial charge >= 0.3 is 29.0 Å². The molecular weight excluding hydrogens is 501 g/mol. The van der Waals surface area contributed by atoms with Crippen LogP contribution in [0.25, 0.3) is 44.4 Å². The van der Waals surface area contributed by atoms with Crippen molar-refractivity contribution < 1.29 is 14.3 Å². The Bertz CT molecular complexity index is 1840.